The first-order valence-electron chi connectivity index (χ1n) is 9.39. The Morgan fingerprint density at radius 3 is 2.54 bits per heavy atom. The van der Waals surface area contributed by atoms with E-state index in [2.05, 4.69) is 29.4 Å². The minimum atomic E-state index is -0.725. The molecule has 1 aliphatic rings. The Labute approximate surface area is 155 Å². The lowest BCUT2D eigenvalue weighted by Gasteiger charge is -2.35. The summed E-state index contributed by atoms with van der Waals surface area (Å²) in [6.07, 6.45) is 1.73. The molecule has 5 nitrogen and oxygen atoms in total. The molecular weight excluding hydrogens is 326 g/mol. The summed E-state index contributed by atoms with van der Waals surface area (Å²) < 4.78 is 0. The van der Waals surface area contributed by atoms with Crippen molar-refractivity contribution in [3.63, 3.8) is 0 Å². The lowest BCUT2D eigenvalue weighted by atomic mass is 10.0. The van der Waals surface area contributed by atoms with Gasteiger partial charge in [-0.1, -0.05) is 36.4 Å². The van der Waals surface area contributed by atoms with Crippen LogP contribution in [0.4, 0.5) is 4.79 Å². The second-order valence-electron chi connectivity index (χ2n) is 7.69. The Kier molecular flexibility index (Phi) is 5.79. The van der Waals surface area contributed by atoms with Crippen molar-refractivity contribution in [1.82, 2.24) is 15.5 Å². The molecule has 140 valence electrons. The van der Waals surface area contributed by atoms with E-state index in [0.29, 0.717) is 6.54 Å². The maximum absolute atomic E-state index is 12.1. The number of hydrogen-bond donors (Lipinski definition) is 3. The first-order valence-corrected chi connectivity index (χ1v) is 9.39. The van der Waals surface area contributed by atoms with Crippen molar-refractivity contribution in [2.45, 2.75) is 38.3 Å². The zero-order chi connectivity index (χ0) is 18.6. The van der Waals surface area contributed by atoms with E-state index >= 15 is 0 Å². The number of rotatable bonds is 6. The van der Waals surface area contributed by atoms with E-state index in [4.69, 9.17) is 0 Å². The third-order valence-electron chi connectivity index (χ3n) is 5.26. The fraction of sp³-hybridized carbons (Fsp3) is 0.476. The van der Waals surface area contributed by atoms with Crippen LogP contribution in [0.5, 0.6) is 0 Å². The number of carbonyl (C=O) groups excluding carboxylic acids is 1. The van der Waals surface area contributed by atoms with Gasteiger partial charge in [0.1, 0.15) is 0 Å². The molecule has 0 spiro atoms. The van der Waals surface area contributed by atoms with Crippen molar-refractivity contribution in [3.8, 4) is 0 Å². The second-order valence-corrected chi connectivity index (χ2v) is 7.69. The third kappa shape index (κ3) is 4.54. The molecular formula is C21H29N3O2. The van der Waals surface area contributed by atoms with Crippen LogP contribution in [-0.4, -0.2) is 47.8 Å². The second kappa shape index (κ2) is 8.06. The maximum Gasteiger partial charge on any atom is 0.314 e. The summed E-state index contributed by atoms with van der Waals surface area (Å²) in [7, 11) is 0. The molecule has 2 aromatic rings. The summed E-state index contributed by atoms with van der Waals surface area (Å²) in [6, 6.07) is 13.7. The van der Waals surface area contributed by atoms with Crippen LogP contribution in [0.1, 0.15) is 38.4 Å². The van der Waals surface area contributed by atoms with Crippen molar-refractivity contribution >= 4 is 16.8 Å². The molecule has 1 heterocycles. The summed E-state index contributed by atoms with van der Waals surface area (Å²) in [5.41, 5.74) is 0.756. The summed E-state index contributed by atoms with van der Waals surface area (Å²) in [4.78, 5) is 14.5. The van der Waals surface area contributed by atoms with Gasteiger partial charge in [-0.15, -0.1) is 0 Å². The summed E-state index contributed by atoms with van der Waals surface area (Å²) in [5, 5.41) is 18.3. The number of aliphatic hydroxyl groups is 1. The van der Waals surface area contributed by atoms with Crippen LogP contribution >= 0.6 is 0 Å². The molecule has 2 aromatic carbocycles. The molecule has 26 heavy (non-hydrogen) atoms. The maximum atomic E-state index is 12.1. The highest BCUT2D eigenvalue weighted by molar-refractivity contribution is 5.83. The topological polar surface area (TPSA) is 64.6 Å². The van der Waals surface area contributed by atoms with Crippen LogP contribution in [0, 0.1) is 0 Å². The highest BCUT2D eigenvalue weighted by Crippen LogP contribution is 2.21. The number of nitrogens with one attached hydrogen (secondary N) is 2. The fourth-order valence-electron chi connectivity index (χ4n) is 3.52. The van der Waals surface area contributed by atoms with E-state index in [-0.39, 0.29) is 18.1 Å². The van der Waals surface area contributed by atoms with Crippen molar-refractivity contribution in [2.24, 2.45) is 0 Å². The first kappa shape index (κ1) is 18.7. The lowest BCUT2D eigenvalue weighted by molar-refractivity contribution is 0.149. The number of benzene rings is 2. The van der Waals surface area contributed by atoms with Gasteiger partial charge in [0.25, 0.3) is 0 Å². The number of likely N-dealkylation sites (tertiary alicyclic amines) is 1. The van der Waals surface area contributed by atoms with E-state index in [1.54, 1.807) is 0 Å². The predicted molar refractivity (Wildman–Crippen MR) is 105 cm³/mol. The average Bonchev–Trinajstić information content (AvgIpc) is 3.20. The Hall–Kier alpha value is -2.11. The van der Waals surface area contributed by atoms with E-state index in [1.807, 2.05) is 42.5 Å². The number of amides is 2. The number of carbonyl (C=O) groups is 1. The Morgan fingerprint density at radius 1 is 1.12 bits per heavy atom. The number of nitrogens with zero attached hydrogens (tertiary/aromatic N) is 1. The Morgan fingerprint density at radius 2 is 1.81 bits per heavy atom. The predicted octanol–water partition coefficient (Wildman–Crippen LogP) is 3.05. The monoisotopic (exact) mass is 355 g/mol. The number of fused-ring (bicyclic) bond motifs is 1. The van der Waals surface area contributed by atoms with Crippen molar-refractivity contribution in [1.29, 1.82) is 0 Å². The third-order valence-corrected chi connectivity index (χ3v) is 5.26. The van der Waals surface area contributed by atoms with E-state index in [0.717, 1.165) is 29.4 Å². The highest BCUT2D eigenvalue weighted by atomic mass is 16.3. The van der Waals surface area contributed by atoms with Crippen molar-refractivity contribution in [3.05, 3.63) is 48.0 Å². The van der Waals surface area contributed by atoms with Crippen LogP contribution in [0.15, 0.2) is 42.5 Å². The molecule has 0 radical (unpaired) electrons. The van der Waals surface area contributed by atoms with Crippen LogP contribution in [0.25, 0.3) is 10.8 Å². The molecule has 1 fully saturated rings. The number of urea groups is 1. The largest absolute Gasteiger partial charge is 0.387 e. The van der Waals surface area contributed by atoms with Gasteiger partial charge in [0, 0.05) is 18.6 Å². The standard InChI is InChI=1S/C21H29N3O2/c1-21(2,24-11-5-6-12-24)15-23-20(26)22-14-19(25)18-10-9-16-7-3-4-8-17(16)13-18/h3-4,7-10,13,19,25H,5-6,11-12,14-15H2,1-2H3,(H2,22,23,26)/t19-/m0/s1. The summed E-state index contributed by atoms with van der Waals surface area (Å²) >= 11 is 0. The zero-order valence-electron chi connectivity index (χ0n) is 15.7. The minimum absolute atomic E-state index is 0.0508. The van der Waals surface area contributed by atoms with E-state index < -0.39 is 6.10 Å². The fourth-order valence-corrected chi connectivity index (χ4v) is 3.52. The first-order chi connectivity index (χ1) is 12.5. The van der Waals surface area contributed by atoms with Gasteiger partial charge in [-0.05, 0) is 62.2 Å². The van der Waals surface area contributed by atoms with Crippen LogP contribution in [0.2, 0.25) is 0 Å². The molecule has 0 aromatic heterocycles. The van der Waals surface area contributed by atoms with Gasteiger partial charge >= 0.3 is 6.03 Å². The van der Waals surface area contributed by atoms with E-state index in [9.17, 15) is 9.90 Å². The molecule has 3 rings (SSSR count). The molecule has 0 unspecified atom stereocenters. The molecule has 1 atom stereocenters. The van der Waals surface area contributed by atoms with E-state index in [1.165, 1.54) is 12.8 Å². The molecule has 2 amide bonds. The van der Waals surface area contributed by atoms with Gasteiger partial charge in [-0.2, -0.15) is 0 Å². The van der Waals surface area contributed by atoms with Crippen LogP contribution in [-0.2, 0) is 0 Å². The van der Waals surface area contributed by atoms with Gasteiger partial charge in [0.2, 0.25) is 0 Å². The lowest BCUT2D eigenvalue weighted by Crippen LogP contribution is -2.52. The SMILES string of the molecule is CC(C)(CNC(=O)NC[C@H](O)c1ccc2ccccc2c1)N1CCCC1. The van der Waals surface area contributed by atoms with Gasteiger partial charge in [-0.25, -0.2) is 4.79 Å². The quantitative estimate of drug-likeness (QED) is 0.746. The Bertz CT molecular complexity index is 754. The van der Waals surface area contributed by atoms with Gasteiger partial charge in [-0.3, -0.25) is 4.90 Å². The normalized spacial score (nSPS) is 16.6. The zero-order valence-corrected chi connectivity index (χ0v) is 15.7. The van der Waals surface area contributed by atoms with Gasteiger partial charge < -0.3 is 15.7 Å². The molecule has 5 heteroatoms. The Balaban J connectivity index is 1.48. The summed E-state index contributed by atoms with van der Waals surface area (Å²) in [5.74, 6) is 0. The van der Waals surface area contributed by atoms with Crippen LogP contribution in [0.3, 0.4) is 0 Å². The number of aliphatic hydroxyl groups excluding tert-OH is 1. The smallest absolute Gasteiger partial charge is 0.314 e. The number of hydrogen-bond acceptors (Lipinski definition) is 3. The molecule has 0 bridgehead atoms. The van der Waals surface area contributed by atoms with Gasteiger partial charge in [0.05, 0.1) is 6.10 Å². The molecule has 0 aliphatic carbocycles. The average molecular weight is 355 g/mol. The van der Waals surface area contributed by atoms with Crippen molar-refractivity contribution in [2.75, 3.05) is 26.2 Å². The minimum Gasteiger partial charge on any atom is -0.387 e. The van der Waals surface area contributed by atoms with Crippen molar-refractivity contribution < 1.29 is 9.90 Å². The molecule has 0 saturated carbocycles. The molecule has 3 N–H and O–H groups in total. The van der Waals surface area contributed by atoms with Crippen LogP contribution < -0.4 is 10.6 Å². The molecule has 1 saturated heterocycles. The highest BCUT2D eigenvalue weighted by Gasteiger charge is 2.29. The summed E-state index contributed by atoms with van der Waals surface area (Å²) in [6.45, 7) is 7.28. The molecule has 1 aliphatic heterocycles. The van der Waals surface area contributed by atoms with Gasteiger partial charge in [0.15, 0.2) is 0 Å².